The summed E-state index contributed by atoms with van der Waals surface area (Å²) in [4.78, 5) is 0. The molecule has 5 heteroatoms. The summed E-state index contributed by atoms with van der Waals surface area (Å²) in [6.45, 7) is 1.14. The predicted octanol–water partition coefficient (Wildman–Crippen LogP) is 0.537. The van der Waals surface area contributed by atoms with Crippen LogP contribution in [0.4, 0.5) is 13.2 Å². The minimum Gasteiger partial charge on any atom is -0.367 e. The lowest BCUT2D eigenvalue weighted by Crippen LogP contribution is -2.73. The van der Waals surface area contributed by atoms with Gasteiger partial charge in [0, 0.05) is 13.1 Å². The van der Waals surface area contributed by atoms with E-state index in [1.807, 2.05) is 0 Å². The fourth-order valence-electron chi connectivity index (χ4n) is 1.58. The van der Waals surface area contributed by atoms with Crippen molar-refractivity contribution in [3.8, 4) is 0 Å². The van der Waals surface area contributed by atoms with E-state index >= 15 is 0 Å². The molecule has 0 aromatic heterocycles. The molecule has 0 aliphatic carbocycles. The van der Waals surface area contributed by atoms with E-state index in [1.165, 1.54) is 0 Å². The average molecular weight is 167 g/mol. The van der Waals surface area contributed by atoms with Crippen molar-refractivity contribution in [1.29, 1.82) is 0 Å². The van der Waals surface area contributed by atoms with E-state index < -0.39 is 17.7 Å². The summed E-state index contributed by atoms with van der Waals surface area (Å²) in [6, 6.07) is 0. The Hall–Kier alpha value is -0.290. The van der Waals surface area contributed by atoms with Crippen LogP contribution in [-0.2, 0) is 4.74 Å². The van der Waals surface area contributed by atoms with E-state index in [-0.39, 0.29) is 6.61 Å². The topological polar surface area (TPSA) is 21.3 Å². The van der Waals surface area contributed by atoms with Crippen molar-refractivity contribution < 1.29 is 17.9 Å². The number of halogens is 3. The Morgan fingerprint density at radius 1 is 1.36 bits per heavy atom. The molecular formula is C6H8F3NO. The summed E-state index contributed by atoms with van der Waals surface area (Å²) in [7, 11) is 0. The van der Waals surface area contributed by atoms with E-state index in [0.717, 1.165) is 0 Å². The van der Waals surface area contributed by atoms with Gasteiger partial charge >= 0.3 is 6.18 Å². The Balaban J connectivity index is 2.06. The highest BCUT2D eigenvalue weighted by Crippen LogP contribution is 2.46. The Morgan fingerprint density at radius 3 is 2.09 bits per heavy atom. The van der Waals surface area contributed by atoms with E-state index in [2.05, 4.69) is 10.1 Å². The lowest BCUT2D eigenvalue weighted by molar-refractivity contribution is -0.333. The van der Waals surface area contributed by atoms with Gasteiger partial charge in [0.05, 0.1) is 12.0 Å². The number of ether oxygens (including phenoxy) is 1. The first kappa shape index (κ1) is 7.36. The molecule has 11 heavy (non-hydrogen) atoms. The molecule has 2 fully saturated rings. The molecule has 0 aromatic carbocycles. The molecule has 1 N–H and O–H groups in total. The molecule has 0 amide bonds. The minimum atomic E-state index is -4.18. The van der Waals surface area contributed by atoms with Gasteiger partial charge < -0.3 is 10.1 Å². The SMILES string of the molecule is FC(F)(F)[C@H]1OCC12CNC2. The predicted molar refractivity (Wildman–Crippen MR) is 31.1 cm³/mol. The molecule has 2 rings (SSSR count). The average Bonchev–Trinajstić information content (AvgIpc) is 1.49. The van der Waals surface area contributed by atoms with Crippen LogP contribution in [0.1, 0.15) is 0 Å². The highest BCUT2D eigenvalue weighted by Gasteiger charge is 2.63. The number of rotatable bonds is 0. The highest BCUT2D eigenvalue weighted by atomic mass is 19.4. The third-order valence-corrected chi connectivity index (χ3v) is 2.35. The van der Waals surface area contributed by atoms with Crippen molar-refractivity contribution in [3.63, 3.8) is 0 Å². The zero-order chi connectivity index (χ0) is 8.11. The Labute approximate surface area is 61.7 Å². The third-order valence-electron chi connectivity index (χ3n) is 2.35. The number of hydrogen-bond acceptors (Lipinski definition) is 2. The van der Waals surface area contributed by atoms with Crippen molar-refractivity contribution in [2.75, 3.05) is 19.7 Å². The maximum Gasteiger partial charge on any atom is 0.415 e. The maximum atomic E-state index is 12.1. The Bertz CT molecular complexity index is 170. The van der Waals surface area contributed by atoms with Gasteiger partial charge in [-0.25, -0.2) is 0 Å². The van der Waals surface area contributed by atoms with Crippen molar-refractivity contribution >= 4 is 0 Å². The van der Waals surface area contributed by atoms with E-state index in [4.69, 9.17) is 0 Å². The number of hydrogen-bond donors (Lipinski definition) is 1. The quantitative estimate of drug-likeness (QED) is 0.568. The normalized spacial score (nSPS) is 34.6. The molecule has 1 spiro atoms. The van der Waals surface area contributed by atoms with Crippen LogP contribution in [0.15, 0.2) is 0 Å². The summed E-state index contributed by atoms with van der Waals surface area (Å²) >= 11 is 0. The smallest absolute Gasteiger partial charge is 0.367 e. The summed E-state index contributed by atoms with van der Waals surface area (Å²) in [5.74, 6) is 0. The standard InChI is InChI=1S/C6H8F3NO/c7-6(8,9)4-5(3-11-4)1-10-2-5/h4,10H,1-3H2/t4-/m0/s1. The lowest BCUT2D eigenvalue weighted by Gasteiger charge is -2.55. The molecule has 2 heterocycles. The van der Waals surface area contributed by atoms with Crippen LogP contribution in [0.2, 0.25) is 0 Å². The van der Waals surface area contributed by atoms with Crippen LogP contribution in [0.25, 0.3) is 0 Å². The van der Waals surface area contributed by atoms with Crippen LogP contribution < -0.4 is 5.32 Å². The van der Waals surface area contributed by atoms with Gasteiger partial charge in [-0.3, -0.25) is 0 Å². The van der Waals surface area contributed by atoms with Crippen molar-refractivity contribution in [3.05, 3.63) is 0 Å². The Kier molecular flexibility index (Phi) is 1.27. The van der Waals surface area contributed by atoms with Crippen LogP contribution in [0.3, 0.4) is 0 Å². The van der Waals surface area contributed by atoms with E-state index in [1.54, 1.807) is 0 Å². The molecule has 1 atom stereocenters. The number of nitrogens with one attached hydrogen (secondary N) is 1. The van der Waals surface area contributed by atoms with Gasteiger partial charge in [0.25, 0.3) is 0 Å². The second-order valence-corrected chi connectivity index (χ2v) is 3.20. The van der Waals surface area contributed by atoms with E-state index in [9.17, 15) is 13.2 Å². The van der Waals surface area contributed by atoms with Crippen molar-refractivity contribution in [2.24, 2.45) is 5.41 Å². The van der Waals surface area contributed by atoms with Crippen LogP contribution in [0.5, 0.6) is 0 Å². The molecule has 2 saturated heterocycles. The van der Waals surface area contributed by atoms with Crippen LogP contribution in [-0.4, -0.2) is 32.0 Å². The first-order chi connectivity index (χ1) is 5.05. The maximum absolute atomic E-state index is 12.1. The summed E-state index contributed by atoms with van der Waals surface area (Å²) < 4.78 is 40.7. The molecule has 2 aliphatic heterocycles. The van der Waals surface area contributed by atoms with Gasteiger partial charge in [0.2, 0.25) is 0 Å². The Morgan fingerprint density at radius 2 is 2.00 bits per heavy atom. The van der Waals surface area contributed by atoms with Crippen molar-refractivity contribution in [1.82, 2.24) is 5.32 Å². The summed E-state index contributed by atoms with van der Waals surface area (Å²) in [6.07, 6.45) is -5.70. The first-order valence-electron chi connectivity index (χ1n) is 3.44. The molecular weight excluding hydrogens is 159 g/mol. The molecule has 0 saturated carbocycles. The van der Waals surface area contributed by atoms with Crippen molar-refractivity contribution in [2.45, 2.75) is 12.3 Å². The van der Waals surface area contributed by atoms with Crippen LogP contribution in [0, 0.1) is 5.41 Å². The van der Waals surface area contributed by atoms with Gasteiger partial charge in [-0.2, -0.15) is 13.2 Å². The molecule has 2 aliphatic rings. The van der Waals surface area contributed by atoms with Gasteiger partial charge in [0.15, 0.2) is 6.10 Å². The monoisotopic (exact) mass is 167 g/mol. The van der Waals surface area contributed by atoms with Gasteiger partial charge in [-0.15, -0.1) is 0 Å². The minimum absolute atomic E-state index is 0.254. The molecule has 2 nitrogen and oxygen atoms in total. The number of alkyl halides is 3. The lowest BCUT2D eigenvalue weighted by atomic mass is 9.73. The second kappa shape index (κ2) is 1.90. The molecule has 0 radical (unpaired) electrons. The molecule has 0 bridgehead atoms. The van der Waals surface area contributed by atoms with Gasteiger partial charge in [0.1, 0.15) is 0 Å². The third kappa shape index (κ3) is 0.873. The fourth-order valence-corrected chi connectivity index (χ4v) is 1.58. The molecule has 0 unspecified atom stereocenters. The van der Waals surface area contributed by atoms with Gasteiger partial charge in [-0.05, 0) is 0 Å². The summed E-state index contributed by atoms with van der Waals surface area (Å²) in [5.41, 5.74) is -0.613. The van der Waals surface area contributed by atoms with Gasteiger partial charge in [-0.1, -0.05) is 0 Å². The zero-order valence-electron chi connectivity index (χ0n) is 5.74. The zero-order valence-corrected chi connectivity index (χ0v) is 5.74. The van der Waals surface area contributed by atoms with E-state index in [0.29, 0.717) is 13.1 Å². The largest absolute Gasteiger partial charge is 0.415 e. The second-order valence-electron chi connectivity index (χ2n) is 3.20. The molecule has 0 aromatic rings. The first-order valence-corrected chi connectivity index (χ1v) is 3.44. The fraction of sp³-hybridized carbons (Fsp3) is 1.00. The highest BCUT2D eigenvalue weighted by molar-refractivity contribution is 5.06. The van der Waals surface area contributed by atoms with Crippen LogP contribution >= 0.6 is 0 Å². The molecule has 64 valence electrons. The summed E-state index contributed by atoms with van der Waals surface area (Å²) in [5, 5.41) is 2.83.